The largest absolute Gasteiger partial charge is 0.412 e. The summed E-state index contributed by atoms with van der Waals surface area (Å²) in [6, 6.07) is 13.6. The molecular weight excluding hydrogens is 382 g/mol. The van der Waals surface area contributed by atoms with Crippen LogP contribution in [0.2, 0.25) is 0 Å². The Morgan fingerprint density at radius 2 is 1.93 bits per heavy atom. The van der Waals surface area contributed by atoms with Gasteiger partial charge in [-0.2, -0.15) is 4.68 Å². The quantitative estimate of drug-likeness (QED) is 0.610. The van der Waals surface area contributed by atoms with E-state index in [1.807, 2.05) is 50.2 Å². The molecule has 8 heteroatoms. The number of aryl methyl sites for hydroxylation is 2. The van der Waals surface area contributed by atoms with E-state index in [1.165, 1.54) is 5.56 Å². The first kappa shape index (κ1) is 21.4. The van der Waals surface area contributed by atoms with Gasteiger partial charge in [0.05, 0.1) is 18.3 Å². The molecule has 0 aliphatic carbocycles. The first-order valence-electron chi connectivity index (χ1n) is 9.97. The summed E-state index contributed by atoms with van der Waals surface area (Å²) in [5, 5.41) is 14.8. The molecule has 3 aromatic rings. The third-order valence-electron chi connectivity index (χ3n) is 4.52. The molecule has 0 aliphatic rings. The molecule has 1 atom stereocenters. The Labute approximate surface area is 176 Å². The van der Waals surface area contributed by atoms with Crippen molar-refractivity contribution in [1.82, 2.24) is 25.5 Å². The zero-order valence-electron chi connectivity index (χ0n) is 17.8. The Hall–Kier alpha value is -3.26. The number of hydrogen-bond donors (Lipinski definition) is 1. The summed E-state index contributed by atoms with van der Waals surface area (Å²) in [6.07, 6.45) is 1.12. The molecule has 1 unspecified atom stereocenters. The number of aromatic nitrogens is 4. The summed E-state index contributed by atoms with van der Waals surface area (Å²) in [5.74, 6) is 1.16. The maximum atomic E-state index is 12.3. The molecule has 0 aliphatic heterocycles. The lowest BCUT2D eigenvalue weighted by Gasteiger charge is -2.14. The third kappa shape index (κ3) is 5.42. The van der Waals surface area contributed by atoms with Crippen molar-refractivity contribution in [3.63, 3.8) is 0 Å². The molecule has 0 bridgehead atoms. The molecule has 0 saturated heterocycles. The summed E-state index contributed by atoms with van der Waals surface area (Å²) >= 11 is 0. The Morgan fingerprint density at radius 3 is 2.63 bits per heavy atom. The van der Waals surface area contributed by atoms with Crippen LogP contribution in [0.5, 0.6) is 5.75 Å². The molecule has 0 spiro atoms. The Kier molecular flexibility index (Phi) is 7.13. The molecule has 158 valence electrons. The second kappa shape index (κ2) is 9.98. The molecule has 0 saturated carbocycles. The van der Waals surface area contributed by atoms with Gasteiger partial charge in [-0.05, 0) is 54.0 Å². The van der Waals surface area contributed by atoms with Crippen LogP contribution in [0.1, 0.15) is 31.7 Å². The molecule has 1 heterocycles. The SMILES string of the molecule is CCCc1nnnn1-c1cc(OC(=O)NC(C)COC)cc(-c2ccc(C)cc2)c1. The summed E-state index contributed by atoms with van der Waals surface area (Å²) in [6.45, 7) is 6.35. The van der Waals surface area contributed by atoms with Crippen LogP contribution >= 0.6 is 0 Å². The van der Waals surface area contributed by atoms with E-state index in [2.05, 4.69) is 27.8 Å². The van der Waals surface area contributed by atoms with E-state index in [9.17, 15) is 4.79 Å². The number of tetrazole rings is 1. The highest BCUT2D eigenvalue weighted by molar-refractivity contribution is 5.74. The summed E-state index contributed by atoms with van der Waals surface area (Å²) in [4.78, 5) is 12.3. The minimum absolute atomic E-state index is 0.169. The fourth-order valence-corrected chi connectivity index (χ4v) is 3.09. The number of carbonyl (C=O) groups is 1. The van der Waals surface area contributed by atoms with Crippen LogP contribution in [0, 0.1) is 6.92 Å². The highest BCUT2D eigenvalue weighted by Gasteiger charge is 2.14. The van der Waals surface area contributed by atoms with E-state index in [0.29, 0.717) is 12.4 Å². The Balaban J connectivity index is 1.97. The van der Waals surface area contributed by atoms with Crippen molar-refractivity contribution in [3.05, 3.63) is 53.9 Å². The van der Waals surface area contributed by atoms with E-state index in [4.69, 9.17) is 9.47 Å². The van der Waals surface area contributed by atoms with Crippen LogP contribution in [0.15, 0.2) is 42.5 Å². The van der Waals surface area contributed by atoms with Crippen LogP contribution < -0.4 is 10.1 Å². The molecule has 1 amide bonds. The Bertz CT molecular complexity index is 985. The zero-order valence-corrected chi connectivity index (χ0v) is 17.8. The predicted molar refractivity (Wildman–Crippen MR) is 114 cm³/mol. The van der Waals surface area contributed by atoms with Crippen LogP contribution in [-0.4, -0.2) is 46.1 Å². The minimum Gasteiger partial charge on any atom is -0.410 e. The lowest BCUT2D eigenvalue weighted by Crippen LogP contribution is -2.37. The standard InChI is InChI=1S/C22H27N5O3/c1-5-6-21-24-25-26-27(21)19-11-18(17-9-7-15(2)8-10-17)12-20(13-19)30-22(28)23-16(3)14-29-4/h7-13,16H,5-6,14H2,1-4H3,(H,23,28). The van der Waals surface area contributed by atoms with Crippen LogP contribution in [-0.2, 0) is 11.2 Å². The lowest BCUT2D eigenvalue weighted by atomic mass is 10.0. The minimum atomic E-state index is -0.544. The number of amides is 1. The summed E-state index contributed by atoms with van der Waals surface area (Å²) in [5.41, 5.74) is 3.81. The highest BCUT2D eigenvalue weighted by Crippen LogP contribution is 2.28. The van der Waals surface area contributed by atoms with Gasteiger partial charge in [0, 0.05) is 19.6 Å². The van der Waals surface area contributed by atoms with Gasteiger partial charge in [0.1, 0.15) is 5.75 Å². The smallest absolute Gasteiger partial charge is 0.410 e. The van der Waals surface area contributed by atoms with Crippen LogP contribution in [0.25, 0.3) is 16.8 Å². The lowest BCUT2D eigenvalue weighted by molar-refractivity contribution is 0.159. The zero-order chi connectivity index (χ0) is 21.5. The molecule has 1 N–H and O–H groups in total. The number of rotatable bonds is 8. The molecule has 0 fully saturated rings. The highest BCUT2D eigenvalue weighted by atomic mass is 16.6. The average Bonchev–Trinajstić information content (AvgIpc) is 3.17. The van der Waals surface area contributed by atoms with Gasteiger partial charge < -0.3 is 14.8 Å². The third-order valence-corrected chi connectivity index (χ3v) is 4.52. The van der Waals surface area contributed by atoms with E-state index in [-0.39, 0.29) is 6.04 Å². The van der Waals surface area contributed by atoms with Crippen molar-refractivity contribution in [2.75, 3.05) is 13.7 Å². The Morgan fingerprint density at radius 1 is 1.17 bits per heavy atom. The normalized spacial score (nSPS) is 11.9. The van der Waals surface area contributed by atoms with Crippen LogP contribution in [0.4, 0.5) is 4.79 Å². The van der Waals surface area contributed by atoms with Crippen LogP contribution in [0.3, 0.4) is 0 Å². The average molecular weight is 409 g/mol. The van der Waals surface area contributed by atoms with Gasteiger partial charge in [0.2, 0.25) is 0 Å². The molecular formula is C22H27N5O3. The molecule has 3 rings (SSSR count). The number of nitrogens with one attached hydrogen (secondary N) is 1. The van der Waals surface area contributed by atoms with Gasteiger partial charge in [-0.25, -0.2) is 4.79 Å². The topological polar surface area (TPSA) is 91.2 Å². The van der Waals surface area contributed by atoms with Gasteiger partial charge in [0.15, 0.2) is 5.82 Å². The van der Waals surface area contributed by atoms with Gasteiger partial charge >= 0.3 is 6.09 Å². The van der Waals surface area contributed by atoms with Crippen molar-refractivity contribution >= 4 is 6.09 Å². The van der Waals surface area contributed by atoms with Gasteiger partial charge in [-0.15, -0.1) is 5.10 Å². The second-order valence-corrected chi connectivity index (χ2v) is 7.23. The fraction of sp³-hybridized carbons (Fsp3) is 0.364. The molecule has 2 aromatic carbocycles. The van der Waals surface area contributed by atoms with E-state index >= 15 is 0 Å². The van der Waals surface area contributed by atoms with Crippen molar-refractivity contribution in [2.45, 2.75) is 39.7 Å². The summed E-state index contributed by atoms with van der Waals surface area (Å²) < 4.78 is 12.3. The maximum absolute atomic E-state index is 12.3. The van der Waals surface area contributed by atoms with Crippen molar-refractivity contribution in [2.24, 2.45) is 0 Å². The number of hydrogen-bond acceptors (Lipinski definition) is 6. The van der Waals surface area contributed by atoms with Gasteiger partial charge in [0.25, 0.3) is 0 Å². The fourth-order valence-electron chi connectivity index (χ4n) is 3.09. The summed E-state index contributed by atoms with van der Waals surface area (Å²) in [7, 11) is 1.58. The monoisotopic (exact) mass is 409 g/mol. The first-order valence-corrected chi connectivity index (χ1v) is 9.97. The molecule has 0 radical (unpaired) electrons. The molecule has 30 heavy (non-hydrogen) atoms. The maximum Gasteiger partial charge on any atom is 0.412 e. The number of benzene rings is 2. The predicted octanol–water partition coefficient (Wildman–Crippen LogP) is 3.71. The second-order valence-electron chi connectivity index (χ2n) is 7.23. The van der Waals surface area contributed by atoms with E-state index in [1.54, 1.807) is 17.9 Å². The molecule has 8 nitrogen and oxygen atoms in total. The number of methoxy groups -OCH3 is 1. The van der Waals surface area contributed by atoms with Gasteiger partial charge in [-0.1, -0.05) is 36.8 Å². The van der Waals surface area contributed by atoms with Crippen molar-refractivity contribution in [3.8, 4) is 22.6 Å². The first-order chi connectivity index (χ1) is 14.5. The van der Waals surface area contributed by atoms with E-state index < -0.39 is 6.09 Å². The van der Waals surface area contributed by atoms with E-state index in [0.717, 1.165) is 35.5 Å². The van der Waals surface area contributed by atoms with Crippen molar-refractivity contribution < 1.29 is 14.3 Å². The van der Waals surface area contributed by atoms with Gasteiger partial charge in [-0.3, -0.25) is 0 Å². The van der Waals surface area contributed by atoms with Crippen molar-refractivity contribution in [1.29, 1.82) is 0 Å². The molecule has 1 aromatic heterocycles. The number of nitrogens with zero attached hydrogens (tertiary/aromatic N) is 4. The number of carbonyl (C=O) groups excluding carboxylic acids is 1. The number of ether oxygens (including phenoxy) is 2.